The second kappa shape index (κ2) is 5.74. The van der Waals surface area contributed by atoms with Gasteiger partial charge in [-0.1, -0.05) is 36.7 Å². The van der Waals surface area contributed by atoms with Crippen LogP contribution in [0.15, 0.2) is 16.6 Å². The highest BCUT2D eigenvalue weighted by Gasteiger charge is 2.15. The molecule has 0 aromatic heterocycles. The first-order valence-corrected chi connectivity index (χ1v) is 6.73. The number of ketones is 1. The summed E-state index contributed by atoms with van der Waals surface area (Å²) in [6.45, 7) is 8.50. The Kier molecular flexibility index (Phi) is 4.79. The average molecular weight is 314 g/mol. The van der Waals surface area contributed by atoms with Gasteiger partial charge >= 0.3 is 0 Å². The number of nitrogens with two attached hydrogens (primary N) is 1. The van der Waals surface area contributed by atoms with Crippen molar-refractivity contribution >= 4 is 27.4 Å². The molecular formula is C14H20BrNO2. The second-order valence-electron chi connectivity index (χ2n) is 5.59. The van der Waals surface area contributed by atoms with E-state index >= 15 is 0 Å². The van der Waals surface area contributed by atoms with E-state index in [1.165, 1.54) is 6.92 Å². The van der Waals surface area contributed by atoms with Crippen molar-refractivity contribution in [3.8, 4) is 5.75 Å². The molecule has 1 rings (SSSR count). The van der Waals surface area contributed by atoms with Gasteiger partial charge in [0.15, 0.2) is 11.5 Å². The van der Waals surface area contributed by atoms with E-state index in [4.69, 9.17) is 10.5 Å². The molecule has 100 valence electrons. The zero-order valence-electron chi connectivity index (χ0n) is 11.3. The number of ether oxygens (including phenoxy) is 1. The summed E-state index contributed by atoms with van der Waals surface area (Å²) >= 11 is 3.33. The number of anilines is 1. The Balaban J connectivity index is 2.91. The van der Waals surface area contributed by atoms with Crippen LogP contribution in [0.3, 0.4) is 0 Å². The minimum atomic E-state index is -0.0474. The maximum absolute atomic E-state index is 11.6. The highest BCUT2D eigenvalue weighted by Crippen LogP contribution is 2.32. The van der Waals surface area contributed by atoms with E-state index in [2.05, 4.69) is 36.7 Å². The molecule has 4 heteroatoms. The van der Waals surface area contributed by atoms with Gasteiger partial charge in [-0.25, -0.2) is 0 Å². The van der Waals surface area contributed by atoms with Crippen molar-refractivity contribution in [2.24, 2.45) is 5.41 Å². The van der Waals surface area contributed by atoms with E-state index in [9.17, 15) is 4.79 Å². The Bertz CT molecular complexity index is 450. The van der Waals surface area contributed by atoms with E-state index in [-0.39, 0.29) is 11.2 Å². The van der Waals surface area contributed by atoms with Gasteiger partial charge in [-0.15, -0.1) is 0 Å². The molecule has 0 saturated carbocycles. The molecular weight excluding hydrogens is 294 g/mol. The van der Waals surface area contributed by atoms with Crippen LogP contribution in [0, 0.1) is 5.41 Å². The molecule has 0 unspecified atom stereocenters. The summed E-state index contributed by atoms with van der Waals surface area (Å²) in [4.78, 5) is 11.6. The SMILES string of the molecule is CC(=O)c1cc(Br)cc(N)c1OCCC(C)(C)C. The quantitative estimate of drug-likeness (QED) is 0.674. The molecule has 0 aliphatic carbocycles. The molecule has 0 bridgehead atoms. The first-order valence-electron chi connectivity index (χ1n) is 5.93. The van der Waals surface area contributed by atoms with Crippen molar-refractivity contribution in [1.29, 1.82) is 0 Å². The molecule has 1 aromatic rings. The van der Waals surface area contributed by atoms with E-state index in [0.717, 1.165) is 10.9 Å². The summed E-state index contributed by atoms with van der Waals surface area (Å²) in [5.41, 5.74) is 7.11. The van der Waals surface area contributed by atoms with Crippen LogP contribution in [0.5, 0.6) is 5.75 Å². The molecule has 0 radical (unpaired) electrons. The van der Waals surface area contributed by atoms with E-state index < -0.39 is 0 Å². The molecule has 0 saturated heterocycles. The fourth-order valence-electron chi connectivity index (χ4n) is 1.50. The number of rotatable bonds is 4. The predicted molar refractivity (Wildman–Crippen MR) is 78.1 cm³/mol. The van der Waals surface area contributed by atoms with Gasteiger partial charge in [-0.3, -0.25) is 4.79 Å². The second-order valence-corrected chi connectivity index (χ2v) is 6.50. The zero-order valence-corrected chi connectivity index (χ0v) is 12.9. The number of carbonyl (C=O) groups is 1. The van der Waals surface area contributed by atoms with E-state index in [1.54, 1.807) is 12.1 Å². The molecule has 1 aromatic carbocycles. The minimum Gasteiger partial charge on any atom is -0.491 e. The lowest BCUT2D eigenvalue weighted by molar-refractivity contribution is 0.101. The largest absolute Gasteiger partial charge is 0.491 e. The first kappa shape index (κ1) is 15.0. The molecule has 0 aliphatic heterocycles. The molecule has 2 N–H and O–H groups in total. The van der Waals surface area contributed by atoms with Gasteiger partial charge in [0.1, 0.15) is 0 Å². The monoisotopic (exact) mass is 313 g/mol. The van der Waals surface area contributed by atoms with Crippen LogP contribution >= 0.6 is 15.9 Å². The summed E-state index contributed by atoms with van der Waals surface area (Å²) < 4.78 is 6.48. The number of carbonyl (C=O) groups excluding carboxylic acids is 1. The van der Waals surface area contributed by atoms with Crippen molar-refractivity contribution in [2.45, 2.75) is 34.1 Å². The van der Waals surface area contributed by atoms with Crippen LogP contribution in [0.2, 0.25) is 0 Å². The summed E-state index contributed by atoms with van der Waals surface area (Å²) in [6, 6.07) is 3.49. The standard InChI is InChI=1S/C14H20BrNO2/c1-9(17)11-7-10(15)8-12(16)13(11)18-6-5-14(2,3)4/h7-8H,5-6,16H2,1-4H3. The molecule has 0 fully saturated rings. The van der Waals surface area contributed by atoms with Crippen LogP contribution in [0.1, 0.15) is 44.5 Å². The Morgan fingerprint density at radius 3 is 2.50 bits per heavy atom. The van der Waals surface area contributed by atoms with Gasteiger partial charge < -0.3 is 10.5 Å². The number of hydrogen-bond acceptors (Lipinski definition) is 3. The summed E-state index contributed by atoms with van der Waals surface area (Å²) in [5, 5.41) is 0. The maximum Gasteiger partial charge on any atom is 0.163 e. The molecule has 0 atom stereocenters. The lowest BCUT2D eigenvalue weighted by atomic mass is 9.93. The van der Waals surface area contributed by atoms with Gasteiger partial charge in [-0.05, 0) is 30.9 Å². The van der Waals surface area contributed by atoms with Crippen LogP contribution in [-0.2, 0) is 0 Å². The van der Waals surface area contributed by atoms with Crippen LogP contribution < -0.4 is 10.5 Å². The van der Waals surface area contributed by atoms with Crippen molar-refractivity contribution in [3.63, 3.8) is 0 Å². The highest BCUT2D eigenvalue weighted by molar-refractivity contribution is 9.10. The molecule has 0 amide bonds. The Morgan fingerprint density at radius 1 is 1.39 bits per heavy atom. The number of nitrogen functional groups attached to an aromatic ring is 1. The number of hydrogen-bond donors (Lipinski definition) is 1. The third kappa shape index (κ3) is 4.33. The maximum atomic E-state index is 11.6. The number of benzene rings is 1. The number of halogens is 1. The molecule has 0 heterocycles. The van der Waals surface area contributed by atoms with E-state index in [1.807, 2.05) is 0 Å². The Hall–Kier alpha value is -1.03. The fourth-order valence-corrected chi connectivity index (χ4v) is 1.97. The lowest BCUT2D eigenvalue weighted by Gasteiger charge is -2.19. The Labute approximate surface area is 117 Å². The summed E-state index contributed by atoms with van der Waals surface area (Å²) in [5.74, 6) is 0.448. The van der Waals surface area contributed by atoms with Crippen molar-refractivity contribution in [2.75, 3.05) is 12.3 Å². The molecule has 0 aliphatic rings. The topological polar surface area (TPSA) is 52.3 Å². The normalized spacial score (nSPS) is 11.4. The summed E-state index contributed by atoms with van der Waals surface area (Å²) in [7, 11) is 0. The zero-order chi connectivity index (χ0) is 13.9. The van der Waals surface area contributed by atoms with Crippen molar-refractivity contribution in [1.82, 2.24) is 0 Å². The predicted octanol–water partition coefficient (Wildman–Crippen LogP) is 4.05. The smallest absolute Gasteiger partial charge is 0.163 e. The third-order valence-corrected chi connectivity index (χ3v) is 3.02. The van der Waals surface area contributed by atoms with Gasteiger partial charge in [0, 0.05) is 4.47 Å². The van der Waals surface area contributed by atoms with Gasteiger partial charge in [0.25, 0.3) is 0 Å². The first-order chi connectivity index (χ1) is 8.20. The number of Topliss-reactive ketones (excluding diaryl/α,β-unsaturated/α-hetero) is 1. The van der Waals surface area contributed by atoms with Crippen molar-refractivity contribution in [3.05, 3.63) is 22.2 Å². The minimum absolute atomic E-state index is 0.0474. The van der Waals surface area contributed by atoms with Crippen molar-refractivity contribution < 1.29 is 9.53 Å². The van der Waals surface area contributed by atoms with Crippen LogP contribution in [0.4, 0.5) is 5.69 Å². The molecule has 3 nitrogen and oxygen atoms in total. The molecule has 18 heavy (non-hydrogen) atoms. The lowest BCUT2D eigenvalue weighted by Crippen LogP contribution is -2.13. The van der Waals surface area contributed by atoms with Crippen LogP contribution in [-0.4, -0.2) is 12.4 Å². The summed E-state index contributed by atoms with van der Waals surface area (Å²) in [6.07, 6.45) is 0.903. The Morgan fingerprint density at radius 2 is 2.00 bits per heavy atom. The van der Waals surface area contributed by atoms with Gasteiger partial charge in [-0.2, -0.15) is 0 Å². The highest BCUT2D eigenvalue weighted by atomic mass is 79.9. The van der Waals surface area contributed by atoms with Crippen LogP contribution in [0.25, 0.3) is 0 Å². The average Bonchev–Trinajstić information content (AvgIpc) is 2.18. The van der Waals surface area contributed by atoms with E-state index in [0.29, 0.717) is 23.6 Å². The fraction of sp³-hybridized carbons (Fsp3) is 0.500. The molecule has 0 spiro atoms. The van der Waals surface area contributed by atoms with Gasteiger partial charge in [0.2, 0.25) is 0 Å². The third-order valence-electron chi connectivity index (χ3n) is 2.56. The van der Waals surface area contributed by atoms with Gasteiger partial charge in [0.05, 0.1) is 17.9 Å².